The molecule has 0 atom stereocenters. The van der Waals surface area contributed by atoms with Crippen molar-refractivity contribution in [3.63, 3.8) is 0 Å². The van der Waals surface area contributed by atoms with Crippen molar-refractivity contribution in [2.75, 3.05) is 10.6 Å². The predicted molar refractivity (Wildman–Crippen MR) is 119 cm³/mol. The zero-order valence-electron chi connectivity index (χ0n) is 16.3. The summed E-state index contributed by atoms with van der Waals surface area (Å²) in [6, 6.07) is 13.1. The van der Waals surface area contributed by atoms with Gasteiger partial charge in [0.05, 0.1) is 17.1 Å². The van der Waals surface area contributed by atoms with Crippen LogP contribution in [0.2, 0.25) is 5.02 Å². The van der Waals surface area contributed by atoms with E-state index in [1.807, 2.05) is 48.7 Å². The van der Waals surface area contributed by atoms with Crippen LogP contribution >= 0.6 is 22.9 Å². The third-order valence-corrected chi connectivity index (χ3v) is 5.43. The summed E-state index contributed by atoms with van der Waals surface area (Å²) < 4.78 is 0. The van der Waals surface area contributed by atoms with Gasteiger partial charge in [0.2, 0.25) is 11.8 Å². The molecule has 0 bridgehead atoms. The minimum atomic E-state index is -0.147. The van der Waals surface area contributed by atoms with Crippen molar-refractivity contribution in [3.8, 4) is 0 Å². The van der Waals surface area contributed by atoms with Crippen molar-refractivity contribution >= 4 is 46.1 Å². The first-order chi connectivity index (χ1) is 13.9. The van der Waals surface area contributed by atoms with E-state index in [9.17, 15) is 9.59 Å². The molecule has 0 spiro atoms. The van der Waals surface area contributed by atoms with Gasteiger partial charge in [-0.3, -0.25) is 9.59 Å². The summed E-state index contributed by atoms with van der Waals surface area (Å²) in [5.41, 5.74) is 4.09. The second kappa shape index (κ2) is 9.67. The van der Waals surface area contributed by atoms with Crippen LogP contribution in [0.5, 0.6) is 0 Å². The summed E-state index contributed by atoms with van der Waals surface area (Å²) in [6.45, 7) is 3.70. The highest BCUT2D eigenvalue weighted by Gasteiger charge is 2.11. The topological polar surface area (TPSA) is 71.1 Å². The van der Waals surface area contributed by atoms with Crippen LogP contribution in [0, 0.1) is 6.92 Å². The van der Waals surface area contributed by atoms with Crippen molar-refractivity contribution in [2.45, 2.75) is 33.1 Å². The van der Waals surface area contributed by atoms with E-state index in [-0.39, 0.29) is 18.2 Å². The highest BCUT2D eigenvalue weighted by molar-refractivity contribution is 7.09. The number of halogens is 1. The Bertz CT molecular complexity index is 1030. The zero-order chi connectivity index (χ0) is 20.8. The number of thiazole rings is 1. The van der Waals surface area contributed by atoms with Crippen LogP contribution in [-0.4, -0.2) is 16.8 Å². The summed E-state index contributed by atoms with van der Waals surface area (Å²) in [5, 5.41) is 9.26. The van der Waals surface area contributed by atoms with Gasteiger partial charge in [-0.2, -0.15) is 0 Å². The molecule has 3 aromatic rings. The molecule has 0 fully saturated rings. The summed E-state index contributed by atoms with van der Waals surface area (Å²) in [7, 11) is 0. The van der Waals surface area contributed by atoms with Gasteiger partial charge in [-0.25, -0.2) is 4.98 Å². The van der Waals surface area contributed by atoms with Crippen molar-refractivity contribution in [2.24, 2.45) is 0 Å². The molecule has 29 heavy (non-hydrogen) atoms. The van der Waals surface area contributed by atoms with E-state index < -0.39 is 0 Å². The van der Waals surface area contributed by atoms with E-state index >= 15 is 0 Å². The quantitative estimate of drug-likeness (QED) is 0.542. The molecule has 1 aromatic heterocycles. The molecular formula is C22H22ClN3O2S. The molecule has 3 rings (SSSR count). The molecule has 0 radical (unpaired) electrons. The second-order valence-electron chi connectivity index (χ2n) is 6.70. The maximum Gasteiger partial charge on any atom is 0.230 e. The van der Waals surface area contributed by atoms with Crippen molar-refractivity contribution in [3.05, 3.63) is 74.7 Å². The molecule has 2 aromatic carbocycles. The first kappa shape index (κ1) is 21.0. The fourth-order valence-electron chi connectivity index (χ4n) is 2.78. The number of hydrogen-bond acceptors (Lipinski definition) is 4. The molecule has 0 unspecified atom stereocenters. The van der Waals surface area contributed by atoms with Gasteiger partial charge in [0.1, 0.15) is 0 Å². The van der Waals surface area contributed by atoms with Crippen LogP contribution in [-0.2, 0) is 22.4 Å². The van der Waals surface area contributed by atoms with E-state index in [2.05, 4.69) is 15.6 Å². The molecule has 0 aliphatic rings. The smallest absolute Gasteiger partial charge is 0.230 e. The van der Waals surface area contributed by atoms with E-state index in [1.165, 1.54) is 11.3 Å². The van der Waals surface area contributed by atoms with Gasteiger partial charge < -0.3 is 10.6 Å². The molecule has 2 amide bonds. The Labute approximate surface area is 179 Å². The first-order valence-corrected chi connectivity index (χ1v) is 10.6. The number of rotatable bonds is 7. The lowest BCUT2D eigenvalue weighted by Gasteiger charge is -2.11. The number of amides is 2. The monoisotopic (exact) mass is 427 g/mol. The highest BCUT2D eigenvalue weighted by atomic mass is 35.5. The fourth-order valence-corrected chi connectivity index (χ4v) is 3.82. The fraction of sp³-hybridized carbons (Fsp3) is 0.227. The predicted octanol–water partition coefficient (Wildman–Crippen LogP) is 5.23. The van der Waals surface area contributed by atoms with Crippen LogP contribution in [0.4, 0.5) is 11.4 Å². The molecule has 7 heteroatoms. The van der Waals surface area contributed by atoms with Gasteiger partial charge in [-0.15, -0.1) is 11.3 Å². The van der Waals surface area contributed by atoms with E-state index in [0.717, 1.165) is 21.8 Å². The Hall–Kier alpha value is -2.70. The Kier molecular flexibility index (Phi) is 7.01. The molecule has 150 valence electrons. The van der Waals surface area contributed by atoms with Crippen LogP contribution < -0.4 is 10.6 Å². The molecular weight excluding hydrogens is 406 g/mol. The normalized spacial score (nSPS) is 10.6. The lowest BCUT2D eigenvalue weighted by atomic mass is 10.1. The first-order valence-electron chi connectivity index (χ1n) is 9.31. The summed E-state index contributed by atoms with van der Waals surface area (Å²) in [4.78, 5) is 28.6. The number of anilines is 2. The van der Waals surface area contributed by atoms with E-state index in [1.54, 1.807) is 13.0 Å². The van der Waals surface area contributed by atoms with Crippen LogP contribution in [0.1, 0.15) is 35.2 Å². The van der Waals surface area contributed by atoms with Gasteiger partial charge in [-0.05, 0) is 42.3 Å². The maximum atomic E-state index is 12.5. The highest BCUT2D eigenvalue weighted by Crippen LogP contribution is 2.22. The lowest BCUT2D eigenvalue weighted by Crippen LogP contribution is -2.16. The molecule has 5 nitrogen and oxygen atoms in total. The average Bonchev–Trinajstić information content (AvgIpc) is 3.11. The van der Waals surface area contributed by atoms with Crippen LogP contribution in [0.25, 0.3) is 0 Å². The Morgan fingerprint density at radius 3 is 2.69 bits per heavy atom. The lowest BCUT2D eigenvalue weighted by molar-refractivity contribution is -0.116. The number of carbonyl (C=O) groups excluding carboxylic acids is 2. The number of hydrogen-bond donors (Lipinski definition) is 2. The number of aryl methyl sites for hydroxylation is 1. The standard InChI is InChI=1S/C22H22ClN3O2S/c1-3-20(27)24-17-8-7-14(2)19(11-17)26-21(28)12-18-13-29-22(25-18)10-15-5-4-6-16(23)9-15/h4-9,11,13H,3,10,12H2,1-2H3,(H,24,27)(H,26,28). The van der Waals surface area contributed by atoms with Gasteiger partial charge >= 0.3 is 0 Å². The number of aromatic nitrogens is 1. The SMILES string of the molecule is CCC(=O)Nc1ccc(C)c(NC(=O)Cc2csc(Cc3cccc(Cl)c3)n2)c1. The molecule has 1 heterocycles. The molecule has 0 saturated heterocycles. The zero-order valence-corrected chi connectivity index (χ0v) is 17.9. The van der Waals surface area contributed by atoms with Gasteiger partial charge in [0.15, 0.2) is 0 Å². The number of nitrogens with one attached hydrogen (secondary N) is 2. The third kappa shape index (κ3) is 6.14. The van der Waals surface area contributed by atoms with Crippen molar-refractivity contribution in [1.29, 1.82) is 0 Å². The number of nitrogens with zero attached hydrogens (tertiary/aromatic N) is 1. The van der Waals surface area contributed by atoms with E-state index in [0.29, 0.717) is 29.2 Å². The minimum Gasteiger partial charge on any atom is -0.326 e. The van der Waals surface area contributed by atoms with Crippen LogP contribution in [0.3, 0.4) is 0 Å². The second-order valence-corrected chi connectivity index (χ2v) is 8.07. The minimum absolute atomic E-state index is 0.0687. The van der Waals surface area contributed by atoms with Gasteiger partial charge in [-0.1, -0.05) is 36.7 Å². The average molecular weight is 428 g/mol. The molecule has 0 aliphatic heterocycles. The van der Waals surface area contributed by atoms with Crippen LogP contribution in [0.15, 0.2) is 47.8 Å². The van der Waals surface area contributed by atoms with Crippen molar-refractivity contribution in [1.82, 2.24) is 4.98 Å². The number of carbonyl (C=O) groups is 2. The Balaban J connectivity index is 1.62. The van der Waals surface area contributed by atoms with Gasteiger partial charge in [0, 0.05) is 34.6 Å². The Morgan fingerprint density at radius 2 is 1.93 bits per heavy atom. The number of benzene rings is 2. The Morgan fingerprint density at radius 1 is 1.10 bits per heavy atom. The molecule has 0 aliphatic carbocycles. The third-order valence-electron chi connectivity index (χ3n) is 4.30. The largest absolute Gasteiger partial charge is 0.326 e. The molecule has 0 saturated carbocycles. The maximum absolute atomic E-state index is 12.5. The van der Waals surface area contributed by atoms with Gasteiger partial charge in [0.25, 0.3) is 0 Å². The summed E-state index contributed by atoms with van der Waals surface area (Å²) in [6.07, 6.45) is 1.28. The summed E-state index contributed by atoms with van der Waals surface area (Å²) >= 11 is 7.56. The summed E-state index contributed by atoms with van der Waals surface area (Å²) in [5.74, 6) is -0.215. The van der Waals surface area contributed by atoms with E-state index in [4.69, 9.17) is 11.6 Å². The molecule has 2 N–H and O–H groups in total. The van der Waals surface area contributed by atoms with Crippen molar-refractivity contribution < 1.29 is 9.59 Å².